The first-order chi connectivity index (χ1) is 5.64. The van der Waals surface area contributed by atoms with Gasteiger partial charge in [0.1, 0.15) is 6.54 Å². The fraction of sp³-hybridized carbons (Fsp3) is 0.875. The van der Waals surface area contributed by atoms with Crippen molar-refractivity contribution >= 4 is 18.3 Å². The number of halogens is 1. The molecule has 0 heterocycles. The molecule has 0 bridgehead atoms. The van der Waals surface area contributed by atoms with Gasteiger partial charge in [0.15, 0.2) is 0 Å². The number of nitrogens with two attached hydrogens (primary N) is 1. The molecule has 0 unspecified atom stereocenters. The fourth-order valence-corrected chi connectivity index (χ4v) is 1.33. The van der Waals surface area contributed by atoms with E-state index in [-0.39, 0.29) is 18.3 Å². The zero-order valence-electron chi connectivity index (χ0n) is 8.62. The van der Waals surface area contributed by atoms with Crippen LogP contribution >= 0.6 is 12.4 Å². The molecular formula is C8H20ClN3O. The predicted octanol–water partition coefficient (Wildman–Crippen LogP) is -0.0828. The molecule has 4 nitrogen and oxygen atoms in total. The molecule has 0 aliphatic carbocycles. The molecule has 0 fully saturated rings. The van der Waals surface area contributed by atoms with Crippen molar-refractivity contribution in [1.29, 1.82) is 0 Å². The van der Waals surface area contributed by atoms with Crippen molar-refractivity contribution in [2.24, 2.45) is 10.9 Å². The molecule has 80 valence electrons. The van der Waals surface area contributed by atoms with Gasteiger partial charge in [-0.2, -0.15) is 5.10 Å². The van der Waals surface area contributed by atoms with Crippen molar-refractivity contribution in [3.8, 4) is 0 Å². The minimum atomic E-state index is -0.208. The molecule has 0 aromatic heterocycles. The number of likely N-dealkylation sites (N-methyl/N-ethyl adjacent to an activating group) is 1. The van der Waals surface area contributed by atoms with Gasteiger partial charge in [-0.25, -0.2) is 0 Å². The second kappa shape index (κ2) is 6.97. The summed E-state index contributed by atoms with van der Waals surface area (Å²) in [6.07, 6.45) is 0. The number of quaternary nitrogens is 1. The molecule has 0 saturated heterocycles. The van der Waals surface area contributed by atoms with Crippen LogP contribution in [0.5, 0.6) is 0 Å². The Morgan fingerprint density at radius 2 is 1.62 bits per heavy atom. The largest absolute Gasteiger partial charge is 0.857 e. The number of nitrogens with zero attached hydrogens (tertiary/aromatic N) is 2. The van der Waals surface area contributed by atoms with E-state index >= 15 is 0 Å². The van der Waals surface area contributed by atoms with Gasteiger partial charge >= 0.3 is 0 Å². The second-order valence-corrected chi connectivity index (χ2v) is 2.97. The molecule has 0 amide bonds. The number of rotatable bonds is 5. The molecule has 0 aliphatic heterocycles. The molecule has 0 aliphatic rings. The standard InChI is InChI=1S/C8H19N3O.ClH/c1-4-11(5-2,6-3)7-8(12)10-9;/h4-7,9H2,1-3H3;1H. The minimum Gasteiger partial charge on any atom is -0.857 e. The molecule has 0 spiro atoms. The van der Waals surface area contributed by atoms with Crippen molar-refractivity contribution in [3.63, 3.8) is 0 Å². The average molecular weight is 210 g/mol. The monoisotopic (exact) mass is 209 g/mol. The Balaban J connectivity index is 0. The fourth-order valence-electron chi connectivity index (χ4n) is 1.33. The predicted molar refractivity (Wildman–Crippen MR) is 55.6 cm³/mol. The lowest BCUT2D eigenvalue weighted by Crippen LogP contribution is -2.53. The maximum absolute atomic E-state index is 11.0. The van der Waals surface area contributed by atoms with Crippen LogP contribution in [0, 0.1) is 0 Å². The lowest BCUT2D eigenvalue weighted by molar-refractivity contribution is -0.916. The van der Waals surface area contributed by atoms with Crippen molar-refractivity contribution in [2.45, 2.75) is 20.8 Å². The molecule has 0 radical (unpaired) electrons. The van der Waals surface area contributed by atoms with E-state index in [0.717, 1.165) is 24.1 Å². The number of hydrogen-bond donors (Lipinski definition) is 1. The third-order valence-electron chi connectivity index (χ3n) is 2.63. The van der Waals surface area contributed by atoms with E-state index in [0.29, 0.717) is 6.54 Å². The number of hydrazone groups is 1. The first-order valence-electron chi connectivity index (χ1n) is 4.43. The van der Waals surface area contributed by atoms with Gasteiger partial charge in [-0.05, 0) is 20.8 Å². The number of hydrogen-bond acceptors (Lipinski definition) is 3. The Labute approximate surface area is 86.4 Å². The van der Waals surface area contributed by atoms with Crippen LogP contribution in [-0.4, -0.2) is 36.6 Å². The molecule has 13 heavy (non-hydrogen) atoms. The molecule has 0 rings (SSSR count). The Morgan fingerprint density at radius 3 is 1.85 bits per heavy atom. The summed E-state index contributed by atoms with van der Waals surface area (Å²) in [5.41, 5.74) is 0. The van der Waals surface area contributed by atoms with E-state index in [1.807, 2.05) is 0 Å². The molecule has 2 N–H and O–H groups in total. The zero-order chi connectivity index (χ0) is 9.61. The molecule has 5 heteroatoms. The summed E-state index contributed by atoms with van der Waals surface area (Å²) in [4.78, 5) is 0. The van der Waals surface area contributed by atoms with E-state index in [2.05, 4.69) is 25.9 Å². The van der Waals surface area contributed by atoms with Crippen molar-refractivity contribution < 1.29 is 9.59 Å². The van der Waals surface area contributed by atoms with Crippen molar-refractivity contribution in [3.05, 3.63) is 0 Å². The van der Waals surface area contributed by atoms with Gasteiger partial charge < -0.3 is 15.4 Å². The smallest absolute Gasteiger partial charge is 0.109 e. The zero-order valence-corrected chi connectivity index (χ0v) is 9.43. The van der Waals surface area contributed by atoms with E-state index < -0.39 is 0 Å². The summed E-state index contributed by atoms with van der Waals surface area (Å²) in [5.74, 6) is 4.70. The van der Waals surface area contributed by atoms with Crippen LogP contribution in [0.4, 0.5) is 0 Å². The Morgan fingerprint density at radius 1 is 1.23 bits per heavy atom. The summed E-state index contributed by atoms with van der Waals surface area (Å²) in [6.45, 7) is 9.53. The highest BCUT2D eigenvalue weighted by Gasteiger charge is 2.19. The average Bonchev–Trinajstić information content (AvgIpc) is 2.14. The Kier molecular flexibility index (Phi) is 8.05. The van der Waals surface area contributed by atoms with Gasteiger partial charge in [0.05, 0.1) is 19.6 Å². The Bertz CT molecular complexity index is 149. The normalized spacial score (nSPS) is 12.4. The molecule has 0 aromatic carbocycles. The van der Waals surface area contributed by atoms with E-state index in [1.54, 1.807) is 0 Å². The molecular weight excluding hydrogens is 190 g/mol. The third kappa shape index (κ3) is 4.33. The summed E-state index contributed by atoms with van der Waals surface area (Å²) in [6, 6.07) is 0. The minimum absolute atomic E-state index is 0. The first kappa shape index (κ1) is 15.0. The highest BCUT2D eigenvalue weighted by atomic mass is 35.5. The van der Waals surface area contributed by atoms with Crippen molar-refractivity contribution in [1.82, 2.24) is 0 Å². The van der Waals surface area contributed by atoms with Gasteiger partial charge in [0.2, 0.25) is 0 Å². The van der Waals surface area contributed by atoms with Gasteiger partial charge in [0, 0.05) is 5.90 Å². The lowest BCUT2D eigenvalue weighted by Gasteiger charge is -2.37. The van der Waals surface area contributed by atoms with E-state index in [9.17, 15) is 5.11 Å². The topological polar surface area (TPSA) is 61.4 Å². The maximum Gasteiger partial charge on any atom is 0.109 e. The summed E-state index contributed by atoms with van der Waals surface area (Å²) < 4.78 is 0.777. The van der Waals surface area contributed by atoms with Gasteiger partial charge in [-0.15, -0.1) is 12.4 Å². The Hall–Kier alpha value is -0.480. The van der Waals surface area contributed by atoms with Crippen LogP contribution in [0.3, 0.4) is 0 Å². The highest BCUT2D eigenvalue weighted by Crippen LogP contribution is 2.04. The molecule has 0 aromatic rings. The van der Waals surface area contributed by atoms with Crippen molar-refractivity contribution in [2.75, 3.05) is 26.2 Å². The molecule has 0 saturated carbocycles. The van der Waals surface area contributed by atoms with E-state index in [4.69, 9.17) is 5.84 Å². The van der Waals surface area contributed by atoms with E-state index in [1.165, 1.54) is 0 Å². The summed E-state index contributed by atoms with van der Waals surface area (Å²) in [7, 11) is 0. The first-order valence-corrected chi connectivity index (χ1v) is 4.43. The highest BCUT2D eigenvalue weighted by molar-refractivity contribution is 5.85. The second-order valence-electron chi connectivity index (χ2n) is 2.97. The van der Waals surface area contributed by atoms with Gasteiger partial charge in [0.25, 0.3) is 0 Å². The lowest BCUT2D eigenvalue weighted by atomic mass is 10.3. The SMILES string of the molecule is CC[N+](CC)(CC)CC([O-])=NN.Cl. The maximum atomic E-state index is 11.0. The quantitative estimate of drug-likeness (QED) is 0.226. The molecule has 0 atom stereocenters. The van der Waals surface area contributed by atoms with Crippen LogP contribution < -0.4 is 10.9 Å². The summed E-state index contributed by atoms with van der Waals surface area (Å²) in [5, 5.41) is 14.2. The summed E-state index contributed by atoms with van der Waals surface area (Å²) >= 11 is 0. The van der Waals surface area contributed by atoms with Crippen LogP contribution in [-0.2, 0) is 0 Å². The van der Waals surface area contributed by atoms with Crippen LogP contribution in [0.2, 0.25) is 0 Å². The van der Waals surface area contributed by atoms with Crippen LogP contribution in [0.1, 0.15) is 20.8 Å². The van der Waals surface area contributed by atoms with Crippen LogP contribution in [0.25, 0.3) is 0 Å². The van der Waals surface area contributed by atoms with Gasteiger partial charge in [-0.1, -0.05) is 0 Å². The third-order valence-corrected chi connectivity index (χ3v) is 2.63. The van der Waals surface area contributed by atoms with Crippen LogP contribution in [0.15, 0.2) is 5.10 Å². The van der Waals surface area contributed by atoms with Gasteiger partial charge in [-0.3, -0.25) is 0 Å².